The van der Waals surface area contributed by atoms with E-state index < -0.39 is 0 Å². The molecule has 7 heteroatoms. The summed E-state index contributed by atoms with van der Waals surface area (Å²) in [4.78, 5) is 26.2. The lowest BCUT2D eigenvalue weighted by atomic mass is 10.00. The molecule has 0 aliphatic carbocycles. The minimum absolute atomic E-state index is 0.133. The first-order valence-corrected chi connectivity index (χ1v) is 15.7. The van der Waals surface area contributed by atoms with E-state index in [-0.39, 0.29) is 23.7 Å². The SMILES string of the molecule is CCCCCCCC(CCCCCCCCCC(=O)NC)NC(=O)Nc1ccc(Sc2ccc(O)cc2)cc1. The Bertz CT molecular complexity index is 935. The Hall–Kier alpha value is -2.67. The molecule has 0 heterocycles. The number of amides is 3. The van der Waals surface area contributed by atoms with Crippen molar-refractivity contribution < 1.29 is 14.7 Å². The number of carbonyl (C=O) groups excluding carboxylic acids is 2. The number of carbonyl (C=O) groups is 2. The molecule has 2 rings (SSSR count). The van der Waals surface area contributed by atoms with Gasteiger partial charge in [0, 0.05) is 35.0 Å². The fourth-order valence-electron chi connectivity index (χ4n) is 4.58. The smallest absolute Gasteiger partial charge is 0.319 e. The van der Waals surface area contributed by atoms with Crippen LogP contribution in [0.15, 0.2) is 58.3 Å². The molecule has 1 unspecified atom stereocenters. The Kier molecular flexibility index (Phi) is 16.9. The third-order valence-corrected chi connectivity index (χ3v) is 7.93. The van der Waals surface area contributed by atoms with Crippen LogP contribution in [0, 0.1) is 0 Å². The summed E-state index contributed by atoms with van der Waals surface area (Å²) in [6, 6.07) is 15.0. The predicted octanol–water partition coefficient (Wildman–Crippen LogP) is 8.65. The molecular weight excluding hydrogens is 506 g/mol. The number of phenols is 1. The summed E-state index contributed by atoms with van der Waals surface area (Å²) in [5.41, 5.74) is 0.778. The number of hydrogen-bond acceptors (Lipinski definition) is 4. The van der Waals surface area contributed by atoms with Crippen molar-refractivity contribution in [1.29, 1.82) is 0 Å². The minimum Gasteiger partial charge on any atom is -0.508 e. The first-order chi connectivity index (χ1) is 19.0. The maximum absolute atomic E-state index is 12.8. The molecule has 0 fully saturated rings. The van der Waals surface area contributed by atoms with Crippen molar-refractivity contribution in [3.8, 4) is 5.75 Å². The van der Waals surface area contributed by atoms with Crippen LogP contribution in [-0.4, -0.2) is 30.1 Å². The van der Waals surface area contributed by atoms with Gasteiger partial charge in [-0.2, -0.15) is 0 Å². The number of nitrogens with one attached hydrogen (secondary N) is 3. The van der Waals surface area contributed by atoms with Gasteiger partial charge in [-0.15, -0.1) is 0 Å². The normalized spacial score (nSPS) is 11.6. The second-order valence-corrected chi connectivity index (χ2v) is 11.5. The summed E-state index contributed by atoms with van der Waals surface area (Å²) in [6.07, 6.45) is 16.8. The van der Waals surface area contributed by atoms with Gasteiger partial charge in [-0.1, -0.05) is 89.3 Å². The van der Waals surface area contributed by atoms with Crippen LogP contribution in [0.2, 0.25) is 0 Å². The van der Waals surface area contributed by atoms with E-state index in [0.29, 0.717) is 6.42 Å². The summed E-state index contributed by atoms with van der Waals surface area (Å²) < 4.78 is 0. The Morgan fingerprint density at radius 2 is 1.26 bits per heavy atom. The molecule has 39 heavy (non-hydrogen) atoms. The third-order valence-electron chi connectivity index (χ3n) is 6.91. The summed E-state index contributed by atoms with van der Waals surface area (Å²) in [5.74, 6) is 0.393. The molecule has 0 aliphatic rings. The molecule has 2 aromatic rings. The predicted molar refractivity (Wildman–Crippen MR) is 164 cm³/mol. The van der Waals surface area contributed by atoms with E-state index >= 15 is 0 Å². The molecular formula is C32H49N3O3S. The molecule has 3 amide bonds. The van der Waals surface area contributed by atoms with Gasteiger partial charge in [0.25, 0.3) is 0 Å². The molecule has 6 nitrogen and oxygen atoms in total. The standard InChI is InChI=1S/C32H49N3O3S/c1-3-4-5-9-12-15-26(16-13-10-7-6-8-11-14-17-31(37)33-2)34-32(38)35-27-18-22-29(23-19-27)39-30-24-20-28(36)21-25-30/h18-26,36H,3-17H2,1-2H3,(H,33,37)(H2,34,35,38). The van der Waals surface area contributed by atoms with Gasteiger partial charge in [0.2, 0.25) is 5.91 Å². The molecule has 0 bridgehead atoms. The fraction of sp³-hybridized carbons (Fsp3) is 0.562. The number of rotatable bonds is 20. The number of benzene rings is 2. The second kappa shape index (κ2) is 20.3. The maximum atomic E-state index is 12.8. The van der Waals surface area contributed by atoms with Crippen LogP contribution in [0.4, 0.5) is 10.5 Å². The zero-order valence-electron chi connectivity index (χ0n) is 24.0. The third kappa shape index (κ3) is 15.5. The zero-order chi connectivity index (χ0) is 28.1. The lowest BCUT2D eigenvalue weighted by Gasteiger charge is -2.19. The van der Waals surface area contributed by atoms with Crippen molar-refractivity contribution >= 4 is 29.4 Å². The van der Waals surface area contributed by atoms with E-state index in [1.54, 1.807) is 30.9 Å². The number of unbranched alkanes of at least 4 members (excludes halogenated alkanes) is 10. The van der Waals surface area contributed by atoms with E-state index in [2.05, 4.69) is 22.9 Å². The topological polar surface area (TPSA) is 90.5 Å². The van der Waals surface area contributed by atoms with Crippen LogP contribution in [0.3, 0.4) is 0 Å². The van der Waals surface area contributed by atoms with Gasteiger partial charge in [-0.3, -0.25) is 4.79 Å². The van der Waals surface area contributed by atoms with Crippen LogP contribution < -0.4 is 16.0 Å². The fourth-order valence-corrected chi connectivity index (χ4v) is 5.39. The molecule has 0 spiro atoms. The molecule has 0 radical (unpaired) electrons. The average Bonchev–Trinajstić information content (AvgIpc) is 2.93. The van der Waals surface area contributed by atoms with Gasteiger partial charge in [0.1, 0.15) is 5.75 Å². The van der Waals surface area contributed by atoms with Crippen LogP contribution in [-0.2, 0) is 4.79 Å². The number of urea groups is 1. The molecule has 216 valence electrons. The highest BCUT2D eigenvalue weighted by Gasteiger charge is 2.12. The molecule has 0 aromatic heterocycles. The maximum Gasteiger partial charge on any atom is 0.319 e. The first-order valence-electron chi connectivity index (χ1n) is 14.8. The van der Waals surface area contributed by atoms with Crippen molar-refractivity contribution in [2.75, 3.05) is 12.4 Å². The van der Waals surface area contributed by atoms with Gasteiger partial charge < -0.3 is 21.1 Å². The molecule has 1 atom stereocenters. The van der Waals surface area contributed by atoms with Gasteiger partial charge in [-0.25, -0.2) is 4.79 Å². The van der Waals surface area contributed by atoms with Gasteiger partial charge in [-0.05, 0) is 67.8 Å². The van der Waals surface area contributed by atoms with Gasteiger partial charge >= 0.3 is 6.03 Å². The molecule has 2 aromatic carbocycles. The Morgan fingerprint density at radius 1 is 0.744 bits per heavy atom. The van der Waals surface area contributed by atoms with Crippen LogP contribution >= 0.6 is 11.8 Å². The lowest BCUT2D eigenvalue weighted by Crippen LogP contribution is -2.38. The van der Waals surface area contributed by atoms with E-state index in [1.807, 2.05) is 36.4 Å². The summed E-state index contributed by atoms with van der Waals surface area (Å²) in [6.45, 7) is 2.23. The molecule has 0 aliphatic heterocycles. The number of aromatic hydroxyl groups is 1. The van der Waals surface area contributed by atoms with Gasteiger partial charge in [0.05, 0.1) is 0 Å². The Morgan fingerprint density at radius 3 is 1.82 bits per heavy atom. The first kappa shape index (κ1) is 32.5. The average molecular weight is 556 g/mol. The minimum atomic E-state index is -0.136. The molecule has 0 saturated carbocycles. The second-order valence-electron chi connectivity index (χ2n) is 10.3. The lowest BCUT2D eigenvalue weighted by molar-refractivity contribution is -0.120. The Balaban J connectivity index is 1.72. The van der Waals surface area contributed by atoms with Crippen molar-refractivity contribution in [3.63, 3.8) is 0 Å². The largest absolute Gasteiger partial charge is 0.508 e. The zero-order valence-corrected chi connectivity index (χ0v) is 24.8. The van der Waals surface area contributed by atoms with E-state index in [0.717, 1.165) is 54.0 Å². The number of phenolic OH excluding ortho intramolecular Hbond substituents is 1. The van der Waals surface area contributed by atoms with Crippen molar-refractivity contribution in [1.82, 2.24) is 10.6 Å². The van der Waals surface area contributed by atoms with Gasteiger partial charge in [0.15, 0.2) is 0 Å². The van der Waals surface area contributed by atoms with E-state index in [9.17, 15) is 14.7 Å². The monoisotopic (exact) mass is 555 g/mol. The highest BCUT2D eigenvalue weighted by atomic mass is 32.2. The van der Waals surface area contributed by atoms with Crippen molar-refractivity contribution in [2.24, 2.45) is 0 Å². The van der Waals surface area contributed by atoms with Crippen molar-refractivity contribution in [3.05, 3.63) is 48.5 Å². The number of anilines is 1. The van der Waals surface area contributed by atoms with Crippen LogP contribution in [0.25, 0.3) is 0 Å². The van der Waals surface area contributed by atoms with Crippen molar-refractivity contribution in [2.45, 2.75) is 119 Å². The summed E-state index contributed by atoms with van der Waals surface area (Å²) >= 11 is 1.61. The summed E-state index contributed by atoms with van der Waals surface area (Å²) in [7, 11) is 1.69. The summed E-state index contributed by atoms with van der Waals surface area (Å²) in [5, 5.41) is 18.4. The van der Waals surface area contributed by atoms with Crippen LogP contribution in [0.5, 0.6) is 5.75 Å². The van der Waals surface area contributed by atoms with E-state index in [4.69, 9.17) is 0 Å². The van der Waals surface area contributed by atoms with Crippen LogP contribution in [0.1, 0.15) is 103 Å². The molecule has 0 saturated heterocycles. The Labute approximate surface area is 240 Å². The highest BCUT2D eigenvalue weighted by molar-refractivity contribution is 7.99. The highest BCUT2D eigenvalue weighted by Crippen LogP contribution is 2.29. The molecule has 4 N–H and O–H groups in total. The van der Waals surface area contributed by atoms with E-state index in [1.165, 1.54) is 51.4 Å². The quantitative estimate of drug-likeness (QED) is 0.123. The number of hydrogen-bond donors (Lipinski definition) is 4.